The highest BCUT2D eigenvalue weighted by atomic mass is 31.0. The molecule has 5 N–H and O–H groups in total. The lowest BCUT2D eigenvalue weighted by atomic mass is 10.0. The second-order valence-electron chi connectivity index (χ2n) is 12.5. The fourth-order valence-electron chi connectivity index (χ4n) is 6.23. The molecule has 3 aromatic carbocycles. The zero-order valence-electron chi connectivity index (χ0n) is 29.1. The van der Waals surface area contributed by atoms with Crippen molar-refractivity contribution in [1.29, 1.82) is 0 Å². The fourth-order valence-corrected chi connectivity index (χ4v) is 6.57. The summed E-state index contributed by atoms with van der Waals surface area (Å²) < 4.78 is 5.99. The molecule has 7 nitrogen and oxygen atoms in total. The summed E-state index contributed by atoms with van der Waals surface area (Å²) in [4.78, 5) is 4.70. The molecule has 256 valence electrons. The van der Waals surface area contributed by atoms with Gasteiger partial charge in [0, 0.05) is 49.6 Å². The molecule has 2 aliphatic rings. The lowest BCUT2D eigenvalue weighted by Gasteiger charge is -2.29. The molecule has 0 saturated carbocycles. The molecular weight excluding hydrogens is 611 g/mol. The molecule has 0 bridgehead atoms. The number of hydrazine groups is 1. The number of benzene rings is 3. The van der Waals surface area contributed by atoms with Crippen molar-refractivity contribution >= 4 is 14.9 Å². The highest BCUT2D eigenvalue weighted by Crippen LogP contribution is 2.33. The summed E-state index contributed by atoms with van der Waals surface area (Å²) in [5, 5.41) is 5.25. The standard InChI is InChI=1S/C38H49N6OP.C2H6/c1-27(2)37-21-35(25-43(37)29(4)33-14-8-13-31(20-33)23-42-19-9-10-28(42)3)44(40)24-34(39)26-45-36-17-15-32(16-18-36)38(46)41-22-30-11-6-5-7-12-30;1-2/h5-8,11-18,20,24,35,37-38,41H,1,3-4,9-10,19,21-23,25-26,39-40,46H2,2H3;1-2H3/b34-24-;. The summed E-state index contributed by atoms with van der Waals surface area (Å²) in [6.45, 7) is 22.8. The maximum absolute atomic E-state index is 6.58. The van der Waals surface area contributed by atoms with E-state index in [4.69, 9.17) is 16.3 Å². The van der Waals surface area contributed by atoms with Crippen molar-refractivity contribution in [3.63, 3.8) is 0 Å². The van der Waals surface area contributed by atoms with Crippen molar-refractivity contribution in [2.24, 2.45) is 11.6 Å². The van der Waals surface area contributed by atoms with Crippen LogP contribution in [0.3, 0.4) is 0 Å². The lowest BCUT2D eigenvalue weighted by Crippen LogP contribution is -2.39. The first-order chi connectivity index (χ1) is 23.2. The molecule has 4 atom stereocenters. The Morgan fingerprint density at radius 1 is 1.06 bits per heavy atom. The Balaban J connectivity index is 0.00000255. The third-order valence-electron chi connectivity index (χ3n) is 8.92. The Hall–Kier alpha value is -4.03. The van der Waals surface area contributed by atoms with Gasteiger partial charge >= 0.3 is 0 Å². The predicted molar refractivity (Wildman–Crippen MR) is 205 cm³/mol. The molecule has 0 aromatic heterocycles. The molecule has 0 amide bonds. The monoisotopic (exact) mass is 666 g/mol. The molecule has 8 heteroatoms. The molecular formula is C40H55N6OP. The second-order valence-corrected chi connectivity index (χ2v) is 13.2. The van der Waals surface area contributed by atoms with Crippen LogP contribution in [0.4, 0.5) is 0 Å². The third-order valence-corrected chi connectivity index (χ3v) is 9.54. The molecule has 2 heterocycles. The summed E-state index contributed by atoms with van der Waals surface area (Å²) in [6, 6.07) is 27.3. The number of nitrogens with zero attached hydrogens (tertiary/aromatic N) is 3. The topological polar surface area (TPSA) is 83.0 Å². The smallest absolute Gasteiger partial charge is 0.129 e. The average molecular weight is 667 g/mol. The van der Waals surface area contributed by atoms with Gasteiger partial charge in [-0.3, -0.25) is 0 Å². The van der Waals surface area contributed by atoms with Crippen LogP contribution in [0, 0.1) is 0 Å². The van der Waals surface area contributed by atoms with Gasteiger partial charge in [0.15, 0.2) is 0 Å². The van der Waals surface area contributed by atoms with Crippen molar-refractivity contribution in [3.05, 3.63) is 144 Å². The highest BCUT2D eigenvalue weighted by Gasteiger charge is 2.35. The molecule has 5 rings (SSSR count). The van der Waals surface area contributed by atoms with Crippen molar-refractivity contribution < 1.29 is 4.74 Å². The van der Waals surface area contributed by atoms with Gasteiger partial charge in [-0.2, -0.15) is 0 Å². The predicted octanol–water partition coefficient (Wildman–Crippen LogP) is 7.53. The van der Waals surface area contributed by atoms with Gasteiger partial charge in [0.1, 0.15) is 12.4 Å². The van der Waals surface area contributed by atoms with E-state index in [-0.39, 0.29) is 24.5 Å². The van der Waals surface area contributed by atoms with E-state index < -0.39 is 0 Å². The number of hydrogen-bond donors (Lipinski definition) is 3. The van der Waals surface area contributed by atoms with Gasteiger partial charge in [0.2, 0.25) is 0 Å². The molecule has 0 spiro atoms. The highest BCUT2D eigenvalue weighted by molar-refractivity contribution is 7.17. The van der Waals surface area contributed by atoms with Crippen molar-refractivity contribution in [3.8, 4) is 5.75 Å². The van der Waals surface area contributed by atoms with E-state index in [9.17, 15) is 0 Å². The summed E-state index contributed by atoms with van der Waals surface area (Å²) in [7, 11) is 2.86. The second kappa shape index (κ2) is 17.9. The number of ether oxygens (including phenoxy) is 1. The lowest BCUT2D eigenvalue weighted by molar-refractivity contribution is 0.280. The quantitative estimate of drug-likeness (QED) is 0.0710. The van der Waals surface area contributed by atoms with Crippen LogP contribution in [0.2, 0.25) is 0 Å². The van der Waals surface area contributed by atoms with Crippen LogP contribution in [-0.4, -0.2) is 46.6 Å². The van der Waals surface area contributed by atoms with Crippen molar-refractivity contribution in [1.82, 2.24) is 20.1 Å². The van der Waals surface area contributed by atoms with Crippen LogP contribution in [0.1, 0.15) is 68.1 Å². The summed E-state index contributed by atoms with van der Waals surface area (Å²) >= 11 is 0. The number of rotatable bonds is 14. The zero-order chi connectivity index (χ0) is 34.6. The van der Waals surface area contributed by atoms with E-state index in [2.05, 4.69) is 112 Å². The van der Waals surface area contributed by atoms with Gasteiger partial charge in [-0.15, -0.1) is 9.24 Å². The van der Waals surface area contributed by atoms with E-state index in [0.717, 1.165) is 67.2 Å². The molecule has 2 aliphatic heterocycles. The molecule has 2 fully saturated rings. The summed E-state index contributed by atoms with van der Waals surface area (Å²) in [6.07, 6.45) is 4.89. The normalized spacial score (nSPS) is 18.3. The Morgan fingerprint density at radius 3 is 2.44 bits per heavy atom. The number of nitrogens with two attached hydrogens (primary N) is 2. The van der Waals surface area contributed by atoms with Crippen molar-refractivity contribution in [2.45, 2.75) is 71.0 Å². The Kier molecular flexibility index (Phi) is 13.7. The molecule has 3 aromatic rings. The van der Waals surface area contributed by atoms with Crippen LogP contribution in [0.15, 0.2) is 122 Å². The van der Waals surface area contributed by atoms with E-state index in [0.29, 0.717) is 5.70 Å². The van der Waals surface area contributed by atoms with Crippen molar-refractivity contribution in [2.75, 3.05) is 19.7 Å². The van der Waals surface area contributed by atoms with Gasteiger partial charge in [0.05, 0.1) is 17.8 Å². The summed E-state index contributed by atoms with van der Waals surface area (Å²) in [5.41, 5.74) is 15.0. The minimum atomic E-state index is 0.0507. The zero-order valence-corrected chi connectivity index (χ0v) is 30.2. The number of hydrogen-bond acceptors (Lipinski definition) is 7. The van der Waals surface area contributed by atoms with Crippen LogP contribution in [0.5, 0.6) is 5.75 Å². The fraction of sp³-hybridized carbons (Fsp3) is 0.350. The largest absolute Gasteiger partial charge is 0.487 e. The third kappa shape index (κ3) is 9.99. The van der Waals surface area contributed by atoms with Gasteiger partial charge in [0.25, 0.3) is 0 Å². The first-order valence-electron chi connectivity index (χ1n) is 17.1. The minimum absolute atomic E-state index is 0.0507. The molecule has 4 unspecified atom stereocenters. The van der Waals surface area contributed by atoms with Crippen LogP contribution >= 0.6 is 9.24 Å². The SMILES string of the molecule is C=C(C)C1CC(N(N)/C=C(\N)COc2ccc(C(P)NCc3ccccc3)cc2)CN1C(=C)c1cccc(CN2CCCC2=C)c1.CC. The van der Waals surface area contributed by atoms with E-state index in [1.165, 1.54) is 23.2 Å². The van der Waals surface area contributed by atoms with E-state index in [1.54, 1.807) is 11.2 Å². The Morgan fingerprint density at radius 2 is 1.77 bits per heavy atom. The maximum Gasteiger partial charge on any atom is 0.129 e. The maximum atomic E-state index is 6.58. The van der Waals surface area contributed by atoms with Crippen LogP contribution in [0.25, 0.3) is 5.70 Å². The molecule has 0 radical (unpaired) electrons. The van der Waals surface area contributed by atoms with Gasteiger partial charge in [-0.1, -0.05) is 99.8 Å². The van der Waals surface area contributed by atoms with Gasteiger partial charge < -0.3 is 30.6 Å². The number of likely N-dealkylation sites (tertiary alicyclic amines) is 2. The molecule has 0 aliphatic carbocycles. The Labute approximate surface area is 291 Å². The van der Waals surface area contributed by atoms with Gasteiger partial charge in [-0.25, -0.2) is 5.84 Å². The number of allylic oxidation sites excluding steroid dienone is 1. The Bertz CT molecular complexity index is 1540. The van der Waals surface area contributed by atoms with E-state index in [1.807, 2.05) is 32.0 Å². The minimum Gasteiger partial charge on any atom is -0.487 e. The van der Waals surface area contributed by atoms with E-state index >= 15 is 0 Å². The molecule has 2 saturated heterocycles. The average Bonchev–Trinajstić information content (AvgIpc) is 3.74. The first kappa shape index (κ1) is 36.8. The van der Waals surface area contributed by atoms with Crippen LogP contribution < -0.4 is 21.6 Å². The molecule has 48 heavy (non-hydrogen) atoms. The van der Waals surface area contributed by atoms with Crippen LogP contribution in [-0.2, 0) is 13.1 Å². The summed E-state index contributed by atoms with van der Waals surface area (Å²) in [5.74, 6) is 7.47. The first-order valence-corrected chi connectivity index (χ1v) is 17.7. The number of nitrogens with one attached hydrogen (secondary N) is 1. The van der Waals surface area contributed by atoms with Gasteiger partial charge in [-0.05, 0) is 66.6 Å².